The van der Waals surface area contributed by atoms with Crippen LogP contribution in [0.5, 0.6) is 0 Å². The number of nitrogens with zero attached hydrogens (tertiary/aromatic N) is 3. The molecule has 6 heteroatoms. The molecule has 5 rings (SSSR count). The molecule has 2 aromatic carbocycles. The zero-order chi connectivity index (χ0) is 20.9. The van der Waals surface area contributed by atoms with Gasteiger partial charge in [0.25, 0.3) is 0 Å². The maximum Gasteiger partial charge on any atom is 0.163 e. The first-order chi connectivity index (χ1) is 15.4. The molecule has 156 valence electrons. The maximum atomic E-state index is 5.51. The first kappa shape index (κ1) is 19.6. The van der Waals surface area contributed by atoms with Crippen LogP contribution in [-0.2, 0) is 17.8 Å². The van der Waals surface area contributed by atoms with E-state index in [9.17, 15) is 0 Å². The Labute approximate surface area is 181 Å². The molecule has 1 fully saturated rings. The number of rotatable bonds is 6. The minimum Gasteiger partial charge on any atom is -0.370 e. The van der Waals surface area contributed by atoms with Gasteiger partial charge in [-0.05, 0) is 29.8 Å². The molecule has 0 unspecified atom stereocenters. The van der Waals surface area contributed by atoms with Crippen LogP contribution in [0, 0.1) is 0 Å². The van der Waals surface area contributed by atoms with Crippen molar-refractivity contribution in [3.05, 3.63) is 84.2 Å². The zero-order valence-electron chi connectivity index (χ0n) is 17.4. The Morgan fingerprint density at radius 3 is 2.52 bits per heavy atom. The first-order valence-electron chi connectivity index (χ1n) is 10.8. The second kappa shape index (κ2) is 9.20. The molecule has 2 N–H and O–H groups in total. The number of pyridine rings is 1. The van der Waals surface area contributed by atoms with E-state index in [1.54, 1.807) is 17.3 Å². The van der Waals surface area contributed by atoms with Gasteiger partial charge in [-0.15, -0.1) is 0 Å². The average molecular weight is 413 g/mol. The normalized spacial score (nSPS) is 14.6. The highest BCUT2D eigenvalue weighted by Crippen LogP contribution is 2.25. The third-order valence-electron chi connectivity index (χ3n) is 5.73. The van der Waals surface area contributed by atoms with Gasteiger partial charge in [-0.2, -0.15) is 0 Å². The molecule has 31 heavy (non-hydrogen) atoms. The van der Waals surface area contributed by atoms with Crippen molar-refractivity contribution in [2.24, 2.45) is 0 Å². The molecule has 1 saturated heterocycles. The van der Waals surface area contributed by atoms with E-state index in [0.717, 1.165) is 55.1 Å². The van der Waals surface area contributed by atoms with Crippen molar-refractivity contribution in [2.45, 2.75) is 13.1 Å². The third kappa shape index (κ3) is 4.55. The van der Waals surface area contributed by atoms with Crippen LogP contribution in [0.3, 0.4) is 0 Å². The summed E-state index contributed by atoms with van der Waals surface area (Å²) in [4.78, 5) is 15.4. The van der Waals surface area contributed by atoms with Crippen molar-refractivity contribution in [1.82, 2.24) is 15.0 Å². The summed E-state index contributed by atoms with van der Waals surface area (Å²) in [6, 6.07) is 20.7. The number of fused-ring (bicyclic) bond motifs is 1. The summed E-state index contributed by atoms with van der Waals surface area (Å²) in [6.07, 6.45) is 3.56. The Hall–Kier alpha value is -3.35. The van der Waals surface area contributed by atoms with E-state index in [2.05, 4.69) is 40.6 Å². The fourth-order valence-electron chi connectivity index (χ4n) is 4.02. The van der Waals surface area contributed by atoms with Crippen molar-refractivity contribution >= 4 is 16.7 Å². The van der Waals surface area contributed by atoms with Crippen molar-refractivity contribution in [3.8, 4) is 11.4 Å². The van der Waals surface area contributed by atoms with Crippen LogP contribution in [0.15, 0.2) is 73.1 Å². The standard InChI is InChI=1S/C25H25N5O/c1-2-7-21(18-30-12-14-31-15-13-30)19(6-1)17-27-25-22-9-3-4-10-23(22)28-24(29-25)20-8-5-11-26-16-20/h1-11,16H,12-15,17-18H2,(H,27,28,29)/p+1. The van der Waals surface area contributed by atoms with Crippen molar-refractivity contribution < 1.29 is 9.64 Å². The fourth-order valence-corrected chi connectivity index (χ4v) is 4.02. The second-order valence-electron chi connectivity index (χ2n) is 7.82. The number of nitrogens with one attached hydrogen (secondary N) is 2. The highest BCUT2D eigenvalue weighted by molar-refractivity contribution is 5.90. The highest BCUT2D eigenvalue weighted by Gasteiger charge is 2.16. The number of morpholine rings is 1. The zero-order valence-corrected chi connectivity index (χ0v) is 17.4. The molecule has 0 aliphatic carbocycles. The van der Waals surface area contributed by atoms with Crippen LogP contribution < -0.4 is 10.2 Å². The van der Waals surface area contributed by atoms with Crippen molar-refractivity contribution in [1.29, 1.82) is 0 Å². The number of aromatic nitrogens is 3. The number of ether oxygens (including phenoxy) is 1. The van der Waals surface area contributed by atoms with E-state index < -0.39 is 0 Å². The van der Waals surface area contributed by atoms with Gasteiger partial charge in [0.05, 0.1) is 18.7 Å². The topological polar surface area (TPSA) is 64.4 Å². The minimum atomic E-state index is 0.681. The molecule has 1 aliphatic rings. The fraction of sp³-hybridized carbons (Fsp3) is 0.240. The number of hydrogen-bond acceptors (Lipinski definition) is 5. The van der Waals surface area contributed by atoms with Crippen LogP contribution in [-0.4, -0.2) is 41.3 Å². The molecular formula is C25H26N5O+. The molecular weight excluding hydrogens is 386 g/mol. The molecule has 1 aliphatic heterocycles. The Bertz CT molecular complexity index is 1160. The van der Waals surface area contributed by atoms with E-state index in [4.69, 9.17) is 14.7 Å². The van der Waals surface area contributed by atoms with E-state index in [0.29, 0.717) is 12.4 Å². The van der Waals surface area contributed by atoms with Crippen LogP contribution in [0.2, 0.25) is 0 Å². The van der Waals surface area contributed by atoms with Crippen LogP contribution in [0.4, 0.5) is 5.82 Å². The molecule has 3 heterocycles. The molecule has 0 spiro atoms. The van der Waals surface area contributed by atoms with E-state index >= 15 is 0 Å². The summed E-state index contributed by atoms with van der Waals surface area (Å²) in [5, 5.41) is 4.61. The molecule has 2 aromatic heterocycles. The van der Waals surface area contributed by atoms with Crippen LogP contribution in [0.25, 0.3) is 22.3 Å². The van der Waals surface area contributed by atoms with E-state index in [1.807, 2.05) is 30.3 Å². The predicted molar refractivity (Wildman–Crippen MR) is 122 cm³/mol. The largest absolute Gasteiger partial charge is 0.370 e. The Morgan fingerprint density at radius 1 is 0.871 bits per heavy atom. The van der Waals surface area contributed by atoms with Gasteiger partial charge in [0, 0.05) is 35.5 Å². The van der Waals surface area contributed by atoms with Gasteiger partial charge in [-0.1, -0.05) is 36.4 Å². The lowest BCUT2D eigenvalue weighted by Crippen LogP contribution is -3.12. The lowest BCUT2D eigenvalue weighted by Gasteiger charge is -2.24. The Balaban J connectivity index is 1.42. The Kier molecular flexibility index (Phi) is 5.82. The number of anilines is 1. The number of hydrogen-bond donors (Lipinski definition) is 2. The lowest BCUT2D eigenvalue weighted by molar-refractivity contribution is -0.921. The van der Waals surface area contributed by atoms with Crippen molar-refractivity contribution in [2.75, 3.05) is 31.6 Å². The van der Waals surface area contributed by atoms with Gasteiger partial charge in [0.2, 0.25) is 0 Å². The molecule has 0 bridgehead atoms. The quantitative estimate of drug-likeness (QED) is 0.510. The van der Waals surface area contributed by atoms with Gasteiger partial charge in [0.15, 0.2) is 5.82 Å². The maximum absolute atomic E-state index is 5.51. The molecule has 0 amide bonds. The summed E-state index contributed by atoms with van der Waals surface area (Å²) >= 11 is 0. The molecule has 4 aromatic rings. The molecule has 6 nitrogen and oxygen atoms in total. The summed E-state index contributed by atoms with van der Waals surface area (Å²) in [6.45, 7) is 5.55. The van der Waals surface area contributed by atoms with E-state index in [1.165, 1.54) is 11.1 Å². The number of benzene rings is 2. The average Bonchev–Trinajstić information content (AvgIpc) is 2.84. The van der Waals surface area contributed by atoms with E-state index in [-0.39, 0.29) is 0 Å². The monoisotopic (exact) mass is 412 g/mol. The second-order valence-corrected chi connectivity index (χ2v) is 7.82. The predicted octanol–water partition coefficient (Wildman–Crippen LogP) is 2.72. The summed E-state index contributed by atoms with van der Waals surface area (Å²) in [5.74, 6) is 1.53. The lowest BCUT2D eigenvalue weighted by atomic mass is 10.1. The minimum absolute atomic E-state index is 0.681. The van der Waals surface area contributed by atoms with Crippen LogP contribution >= 0.6 is 0 Å². The molecule has 0 atom stereocenters. The van der Waals surface area contributed by atoms with Gasteiger partial charge < -0.3 is 15.0 Å². The number of quaternary nitrogens is 1. The van der Waals surface area contributed by atoms with Crippen molar-refractivity contribution in [3.63, 3.8) is 0 Å². The summed E-state index contributed by atoms with van der Waals surface area (Å²) in [5.41, 5.74) is 4.50. The Morgan fingerprint density at radius 2 is 1.68 bits per heavy atom. The van der Waals surface area contributed by atoms with Gasteiger partial charge in [0.1, 0.15) is 25.5 Å². The number of para-hydroxylation sites is 1. The van der Waals surface area contributed by atoms with Gasteiger partial charge in [-0.3, -0.25) is 4.98 Å². The third-order valence-corrected chi connectivity index (χ3v) is 5.73. The smallest absolute Gasteiger partial charge is 0.163 e. The van der Waals surface area contributed by atoms with Gasteiger partial charge in [-0.25, -0.2) is 9.97 Å². The first-order valence-corrected chi connectivity index (χ1v) is 10.8. The summed E-state index contributed by atoms with van der Waals surface area (Å²) in [7, 11) is 0. The highest BCUT2D eigenvalue weighted by atomic mass is 16.5. The molecule has 0 saturated carbocycles. The van der Waals surface area contributed by atoms with Gasteiger partial charge >= 0.3 is 0 Å². The SMILES string of the molecule is c1cncc(-c2nc(NCc3ccccc3C[NH+]3CCOCC3)c3ccccc3n2)c1. The van der Waals surface area contributed by atoms with Crippen LogP contribution in [0.1, 0.15) is 11.1 Å². The molecule has 0 radical (unpaired) electrons. The summed E-state index contributed by atoms with van der Waals surface area (Å²) < 4.78 is 5.51.